The van der Waals surface area contributed by atoms with Crippen molar-refractivity contribution in [3.8, 4) is 0 Å². The van der Waals surface area contributed by atoms with Crippen molar-refractivity contribution in [3.63, 3.8) is 0 Å². The van der Waals surface area contributed by atoms with E-state index < -0.39 is 0 Å². The molecular formula is C10H17NO. The summed E-state index contributed by atoms with van der Waals surface area (Å²) in [7, 11) is 0. The highest BCUT2D eigenvalue weighted by molar-refractivity contribution is 5.87. The third-order valence-corrected chi connectivity index (χ3v) is 2.58. The summed E-state index contributed by atoms with van der Waals surface area (Å²) in [4.78, 5) is 13.2. The van der Waals surface area contributed by atoms with Gasteiger partial charge in [-0.25, -0.2) is 0 Å². The summed E-state index contributed by atoms with van der Waals surface area (Å²) in [5.41, 5.74) is 0. The number of nitrogens with zero attached hydrogens (tertiary/aromatic N) is 1. The van der Waals surface area contributed by atoms with Gasteiger partial charge in [0.1, 0.15) is 0 Å². The minimum atomic E-state index is 0.0778. The first-order chi connectivity index (χ1) is 5.65. The van der Waals surface area contributed by atoms with Crippen LogP contribution in [0, 0.1) is 5.92 Å². The van der Waals surface area contributed by atoms with Crippen LogP contribution in [0.3, 0.4) is 0 Å². The van der Waals surface area contributed by atoms with Crippen molar-refractivity contribution in [3.05, 3.63) is 12.7 Å². The van der Waals surface area contributed by atoms with Crippen LogP contribution in [0.2, 0.25) is 0 Å². The van der Waals surface area contributed by atoms with E-state index in [1.54, 1.807) is 0 Å². The van der Waals surface area contributed by atoms with Crippen LogP contribution in [-0.4, -0.2) is 23.4 Å². The zero-order valence-corrected chi connectivity index (χ0v) is 7.92. The number of rotatable bonds is 1. The number of likely N-dealkylation sites (tertiary alicyclic amines) is 1. The maximum Gasteiger partial charge on any atom is 0.246 e. The fraction of sp³-hybridized carbons (Fsp3) is 0.700. The molecule has 0 bridgehead atoms. The summed E-state index contributed by atoms with van der Waals surface area (Å²) >= 11 is 0. The standard InChI is InChI=1S/C10H17NO/c1-4-10(12)11-7-8(2)5-6-9(11)3/h4,8-9H,1,5-7H2,2-3H3/t8-,9-/m0/s1. The first-order valence-corrected chi connectivity index (χ1v) is 4.58. The monoisotopic (exact) mass is 167 g/mol. The molecule has 1 amide bonds. The minimum absolute atomic E-state index is 0.0778. The van der Waals surface area contributed by atoms with Crippen molar-refractivity contribution >= 4 is 5.91 Å². The molecule has 2 nitrogen and oxygen atoms in total. The van der Waals surface area contributed by atoms with Gasteiger partial charge in [-0.15, -0.1) is 0 Å². The third-order valence-electron chi connectivity index (χ3n) is 2.58. The van der Waals surface area contributed by atoms with Crippen molar-refractivity contribution in [2.24, 2.45) is 5.92 Å². The zero-order chi connectivity index (χ0) is 9.14. The molecule has 0 aromatic carbocycles. The zero-order valence-electron chi connectivity index (χ0n) is 7.92. The molecule has 0 saturated carbocycles. The van der Waals surface area contributed by atoms with Crippen molar-refractivity contribution in [1.29, 1.82) is 0 Å². The Hall–Kier alpha value is -0.790. The summed E-state index contributed by atoms with van der Waals surface area (Å²) in [6.45, 7) is 8.69. The first kappa shape index (κ1) is 9.30. The third kappa shape index (κ3) is 1.87. The highest BCUT2D eigenvalue weighted by Crippen LogP contribution is 2.21. The van der Waals surface area contributed by atoms with Crippen LogP contribution in [0.5, 0.6) is 0 Å². The predicted octanol–water partition coefficient (Wildman–Crippen LogP) is 1.82. The molecule has 1 heterocycles. The van der Waals surface area contributed by atoms with E-state index in [-0.39, 0.29) is 5.91 Å². The van der Waals surface area contributed by atoms with E-state index >= 15 is 0 Å². The Labute approximate surface area is 74.2 Å². The summed E-state index contributed by atoms with van der Waals surface area (Å²) in [6.07, 6.45) is 3.78. The lowest BCUT2D eigenvalue weighted by Gasteiger charge is -2.36. The quantitative estimate of drug-likeness (QED) is 0.545. The minimum Gasteiger partial charge on any atom is -0.336 e. The summed E-state index contributed by atoms with van der Waals surface area (Å²) in [6, 6.07) is 0.395. The molecule has 0 N–H and O–H groups in total. The SMILES string of the molecule is C=CC(=O)N1C[C@@H](C)CC[C@@H]1C. The Morgan fingerprint density at radius 2 is 2.17 bits per heavy atom. The number of carbonyl (C=O) groups is 1. The Balaban J connectivity index is 2.60. The van der Waals surface area contributed by atoms with E-state index in [1.165, 1.54) is 12.5 Å². The Morgan fingerprint density at radius 1 is 1.50 bits per heavy atom. The molecule has 0 radical (unpaired) electrons. The first-order valence-electron chi connectivity index (χ1n) is 4.58. The lowest BCUT2D eigenvalue weighted by molar-refractivity contribution is -0.130. The van der Waals surface area contributed by atoms with Gasteiger partial charge in [0.05, 0.1) is 0 Å². The second-order valence-electron chi connectivity index (χ2n) is 3.73. The fourth-order valence-electron chi connectivity index (χ4n) is 1.71. The molecule has 2 heteroatoms. The van der Waals surface area contributed by atoms with Crippen LogP contribution in [0.4, 0.5) is 0 Å². The molecule has 1 saturated heterocycles. The van der Waals surface area contributed by atoms with Gasteiger partial charge in [-0.05, 0) is 31.8 Å². The van der Waals surface area contributed by atoms with Gasteiger partial charge in [0.15, 0.2) is 0 Å². The highest BCUT2D eigenvalue weighted by Gasteiger charge is 2.24. The van der Waals surface area contributed by atoms with Crippen LogP contribution in [-0.2, 0) is 4.79 Å². The largest absolute Gasteiger partial charge is 0.336 e. The average molecular weight is 167 g/mol. The Bertz CT molecular complexity index is 188. The molecule has 1 aliphatic heterocycles. The van der Waals surface area contributed by atoms with Gasteiger partial charge in [-0.2, -0.15) is 0 Å². The van der Waals surface area contributed by atoms with Gasteiger partial charge in [0.25, 0.3) is 0 Å². The molecular weight excluding hydrogens is 150 g/mol. The van der Waals surface area contributed by atoms with E-state index in [1.807, 2.05) is 4.90 Å². The van der Waals surface area contributed by atoms with Gasteiger partial charge in [-0.1, -0.05) is 13.5 Å². The summed E-state index contributed by atoms with van der Waals surface area (Å²) in [5.74, 6) is 0.721. The highest BCUT2D eigenvalue weighted by atomic mass is 16.2. The lowest BCUT2D eigenvalue weighted by Crippen LogP contribution is -2.44. The van der Waals surface area contributed by atoms with Crippen molar-refractivity contribution in [1.82, 2.24) is 4.90 Å². The van der Waals surface area contributed by atoms with E-state index in [2.05, 4.69) is 20.4 Å². The maximum absolute atomic E-state index is 11.3. The van der Waals surface area contributed by atoms with E-state index in [4.69, 9.17) is 0 Å². The molecule has 1 aliphatic rings. The van der Waals surface area contributed by atoms with Crippen molar-refractivity contribution < 1.29 is 4.79 Å². The number of amides is 1. The van der Waals surface area contributed by atoms with Gasteiger partial charge in [-0.3, -0.25) is 4.79 Å². The Kier molecular flexibility index (Phi) is 2.90. The van der Waals surface area contributed by atoms with Gasteiger partial charge in [0, 0.05) is 12.6 Å². The molecule has 68 valence electrons. The number of hydrogen-bond donors (Lipinski definition) is 0. The summed E-state index contributed by atoms with van der Waals surface area (Å²) < 4.78 is 0. The van der Waals surface area contributed by atoms with E-state index in [0.29, 0.717) is 12.0 Å². The smallest absolute Gasteiger partial charge is 0.246 e. The van der Waals surface area contributed by atoms with Gasteiger partial charge >= 0.3 is 0 Å². The maximum atomic E-state index is 11.3. The van der Waals surface area contributed by atoms with Crippen LogP contribution in [0.15, 0.2) is 12.7 Å². The second-order valence-corrected chi connectivity index (χ2v) is 3.73. The number of carbonyl (C=O) groups excluding carboxylic acids is 1. The molecule has 0 aromatic rings. The molecule has 12 heavy (non-hydrogen) atoms. The average Bonchev–Trinajstić information content (AvgIpc) is 2.08. The number of piperidine rings is 1. The van der Waals surface area contributed by atoms with Crippen LogP contribution >= 0.6 is 0 Å². The van der Waals surface area contributed by atoms with Gasteiger partial charge < -0.3 is 4.90 Å². The van der Waals surface area contributed by atoms with Crippen LogP contribution in [0.1, 0.15) is 26.7 Å². The molecule has 2 atom stereocenters. The number of hydrogen-bond acceptors (Lipinski definition) is 1. The Morgan fingerprint density at radius 3 is 2.75 bits per heavy atom. The van der Waals surface area contributed by atoms with Crippen LogP contribution < -0.4 is 0 Å². The van der Waals surface area contributed by atoms with Crippen molar-refractivity contribution in [2.45, 2.75) is 32.7 Å². The van der Waals surface area contributed by atoms with E-state index in [0.717, 1.165) is 13.0 Å². The predicted molar refractivity (Wildman–Crippen MR) is 49.8 cm³/mol. The molecule has 0 aliphatic carbocycles. The van der Waals surface area contributed by atoms with Gasteiger partial charge in [0.2, 0.25) is 5.91 Å². The molecule has 0 spiro atoms. The lowest BCUT2D eigenvalue weighted by atomic mass is 9.95. The normalized spacial score (nSPS) is 30.0. The second kappa shape index (κ2) is 3.74. The van der Waals surface area contributed by atoms with Crippen molar-refractivity contribution in [2.75, 3.05) is 6.54 Å². The fourth-order valence-corrected chi connectivity index (χ4v) is 1.71. The topological polar surface area (TPSA) is 20.3 Å². The molecule has 0 aromatic heterocycles. The van der Waals surface area contributed by atoms with Crippen LogP contribution in [0.25, 0.3) is 0 Å². The van der Waals surface area contributed by atoms with E-state index in [9.17, 15) is 4.79 Å². The molecule has 0 unspecified atom stereocenters. The summed E-state index contributed by atoms with van der Waals surface area (Å²) in [5, 5.41) is 0. The molecule has 1 rings (SSSR count). The molecule has 1 fully saturated rings.